The highest BCUT2D eigenvalue weighted by atomic mass is 32.1. The van der Waals surface area contributed by atoms with Crippen LogP contribution in [-0.4, -0.2) is 50.2 Å². The van der Waals surface area contributed by atoms with Crippen LogP contribution in [0.1, 0.15) is 6.92 Å². The minimum Gasteiger partial charge on any atom is -0.394 e. The SMILES string of the molecule is CC(=S)[C@@H](O)[C@H](O)[C@H](O)CO. The van der Waals surface area contributed by atoms with Gasteiger partial charge in [-0.25, -0.2) is 0 Å². The van der Waals surface area contributed by atoms with Gasteiger partial charge in [0.25, 0.3) is 0 Å². The smallest absolute Gasteiger partial charge is 0.113 e. The van der Waals surface area contributed by atoms with Crippen LogP contribution in [0.25, 0.3) is 0 Å². The molecular weight excluding hydrogens is 168 g/mol. The number of rotatable bonds is 4. The van der Waals surface area contributed by atoms with Gasteiger partial charge >= 0.3 is 0 Å². The van der Waals surface area contributed by atoms with Crippen LogP contribution in [0.2, 0.25) is 0 Å². The van der Waals surface area contributed by atoms with Crippen LogP contribution in [0.4, 0.5) is 0 Å². The van der Waals surface area contributed by atoms with Gasteiger partial charge in [0.15, 0.2) is 0 Å². The first-order valence-electron chi connectivity index (χ1n) is 3.16. The molecule has 3 atom stereocenters. The standard InChI is InChI=1S/C6H12O4S/c1-3(11)5(9)6(10)4(8)2-7/h4-10H,2H2,1H3/t4-,5-,6-/m1/s1. The lowest BCUT2D eigenvalue weighted by molar-refractivity contribution is -0.0549. The molecule has 0 aromatic heterocycles. The van der Waals surface area contributed by atoms with E-state index in [0.29, 0.717) is 0 Å². The molecule has 4 N–H and O–H groups in total. The zero-order valence-corrected chi connectivity index (χ0v) is 6.95. The molecule has 0 fully saturated rings. The van der Waals surface area contributed by atoms with Crippen LogP contribution in [0.5, 0.6) is 0 Å². The summed E-state index contributed by atoms with van der Waals surface area (Å²) in [6.45, 7) is 0.855. The molecule has 0 unspecified atom stereocenters. The lowest BCUT2D eigenvalue weighted by atomic mass is 10.1. The number of hydrogen-bond acceptors (Lipinski definition) is 5. The maximum Gasteiger partial charge on any atom is 0.113 e. The van der Waals surface area contributed by atoms with E-state index >= 15 is 0 Å². The number of hydrogen-bond donors (Lipinski definition) is 4. The fourth-order valence-electron chi connectivity index (χ4n) is 0.559. The third kappa shape index (κ3) is 3.22. The predicted octanol–water partition coefficient (Wildman–Crippen LogP) is -1.55. The van der Waals surface area contributed by atoms with Crippen molar-refractivity contribution in [1.29, 1.82) is 0 Å². The Kier molecular flexibility index (Phi) is 4.71. The molecule has 0 saturated heterocycles. The highest BCUT2D eigenvalue weighted by molar-refractivity contribution is 7.80. The molecule has 0 bridgehead atoms. The summed E-state index contributed by atoms with van der Waals surface area (Å²) >= 11 is 4.56. The lowest BCUT2D eigenvalue weighted by Crippen LogP contribution is -2.42. The summed E-state index contributed by atoms with van der Waals surface area (Å²) in [6.07, 6.45) is -4.01. The Labute approximate surface area is 70.1 Å². The molecule has 11 heavy (non-hydrogen) atoms. The monoisotopic (exact) mass is 180 g/mol. The Hall–Kier alpha value is -0.0700. The summed E-state index contributed by atoms with van der Waals surface area (Å²) in [4.78, 5) is 0.185. The molecule has 66 valence electrons. The Balaban J connectivity index is 4.00. The maximum atomic E-state index is 9.03. The first kappa shape index (κ1) is 10.9. The van der Waals surface area contributed by atoms with Crippen LogP contribution in [0, 0.1) is 0 Å². The van der Waals surface area contributed by atoms with E-state index < -0.39 is 24.9 Å². The molecule has 5 heteroatoms. The highest BCUT2D eigenvalue weighted by Crippen LogP contribution is 2.01. The van der Waals surface area contributed by atoms with Crippen LogP contribution in [0.15, 0.2) is 0 Å². The van der Waals surface area contributed by atoms with E-state index in [1.54, 1.807) is 0 Å². The van der Waals surface area contributed by atoms with Gasteiger partial charge in [0, 0.05) is 4.86 Å². The molecule has 0 spiro atoms. The van der Waals surface area contributed by atoms with Gasteiger partial charge < -0.3 is 20.4 Å². The van der Waals surface area contributed by atoms with Crippen LogP contribution in [0.3, 0.4) is 0 Å². The lowest BCUT2D eigenvalue weighted by Gasteiger charge is -2.20. The van der Waals surface area contributed by atoms with Crippen molar-refractivity contribution in [2.24, 2.45) is 0 Å². The summed E-state index contributed by atoms with van der Waals surface area (Å²) in [5.74, 6) is 0. The minimum atomic E-state index is -1.41. The molecule has 0 radical (unpaired) electrons. The predicted molar refractivity (Wildman–Crippen MR) is 43.4 cm³/mol. The number of aliphatic hydroxyl groups excluding tert-OH is 4. The van der Waals surface area contributed by atoms with E-state index in [9.17, 15) is 0 Å². The summed E-state index contributed by atoms with van der Waals surface area (Å²) in [5, 5.41) is 35.2. The van der Waals surface area contributed by atoms with Gasteiger partial charge in [0.2, 0.25) is 0 Å². The highest BCUT2D eigenvalue weighted by Gasteiger charge is 2.24. The van der Waals surface area contributed by atoms with Crippen molar-refractivity contribution in [2.45, 2.75) is 25.2 Å². The van der Waals surface area contributed by atoms with E-state index in [1.807, 2.05) is 0 Å². The fraction of sp³-hybridized carbons (Fsp3) is 0.833. The van der Waals surface area contributed by atoms with Crippen LogP contribution < -0.4 is 0 Å². The van der Waals surface area contributed by atoms with Crippen LogP contribution in [-0.2, 0) is 0 Å². The van der Waals surface area contributed by atoms with E-state index in [2.05, 4.69) is 12.2 Å². The topological polar surface area (TPSA) is 80.9 Å². The average molecular weight is 180 g/mol. The molecule has 0 aliphatic heterocycles. The molecule has 4 nitrogen and oxygen atoms in total. The first-order chi connectivity index (χ1) is 5.00. The molecule has 0 saturated carbocycles. The van der Waals surface area contributed by atoms with Crippen LogP contribution >= 0.6 is 12.2 Å². The second kappa shape index (κ2) is 4.74. The first-order valence-corrected chi connectivity index (χ1v) is 3.57. The molecule has 0 aliphatic rings. The Morgan fingerprint density at radius 3 is 2.09 bits per heavy atom. The van der Waals surface area contributed by atoms with E-state index in [-0.39, 0.29) is 4.86 Å². The zero-order chi connectivity index (χ0) is 9.02. The summed E-state index contributed by atoms with van der Waals surface area (Å²) in [5.41, 5.74) is 0. The molecule has 0 aromatic carbocycles. The molecule has 0 aromatic rings. The summed E-state index contributed by atoms with van der Waals surface area (Å²) in [6, 6.07) is 0. The minimum absolute atomic E-state index is 0.185. The van der Waals surface area contributed by atoms with Gasteiger partial charge in [-0.15, -0.1) is 0 Å². The molecule has 0 amide bonds. The Morgan fingerprint density at radius 1 is 1.36 bits per heavy atom. The van der Waals surface area contributed by atoms with E-state index in [0.717, 1.165) is 0 Å². The molecule has 0 rings (SSSR count). The van der Waals surface area contributed by atoms with Crippen molar-refractivity contribution >= 4 is 17.1 Å². The van der Waals surface area contributed by atoms with Gasteiger partial charge in [-0.05, 0) is 6.92 Å². The quantitative estimate of drug-likeness (QED) is 0.394. The number of thiocarbonyl (C=S) groups is 1. The van der Waals surface area contributed by atoms with Crippen molar-refractivity contribution in [1.82, 2.24) is 0 Å². The molecule has 0 aliphatic carbocycles. The maximum absolute atomic E-state index is 9.03. The van der Waals surface area contributed by atoms with Crippen molar-refractivity contribution in [2.75, 3.05) is 6.61 Å². The van der Waals surface area contributed by atoms with Gasteiger partial charge in [-0.2, -0.15) is 0 Å². The third-order valence-electron chi connectivity index (χ3n) is 1.32. The van der Waals surface area contributed by atoms with Crippen molar-refractivity contribution < 1.29 is 20.4 Å². The van der Waals surface area contributed by atoms with E-state index in [4.69, 9.17) is 20.4 Å². The van der Waals surface area contributed by atoms with Gasteiger partial charge in [-0.1, -0.05) is 12.2 Å². The second-order valence-electron chi connectivity index (χ2n) is 2.30. The third-order valence-corrected chi connectivity index (χ3v) is 1.56. The summed E-state index contributed by atoms with van der Waals surface area (Å²) in [7, 11) is 0. The number of aliphatic hydroxyl groups is 4. The van der Waals surface area contributed by atoms with Crippen molar-refractivity contribution in [3.05, 3.63) is 0 Å². The normalized spacial score (nSPS) is 19.0. The van der Waals surface area contributed by atoms with Crippen molar-refractivity contribution in [3.8, 4) is 0 Å². The van der Waals surface area contributed by atoms with Gasteiger partial charge in [-0.3, -0.25) is 0 Å². The van der Waals surface area contributed by atoms with Gasteiger partial charge in [0.05, 0.1) is 6.61 Å². The fourth-order valence-corrected chi connectivity index (χ4v) is 0.698. The second-order valence-corrected chi connectivity index (χ2v) is 2.94. The molecule has 0 heterocycles. The Morgan fingerprint density at radius 2 is 1.82 bits per heavy atom. The Bertz CT molecular complexity index is 139. The van der Waals surface area contributed by atoms with E-state index in [1.165, 1.54) is 6.92 Å². The molecular formula is C6H12O4S. The van der Waals surface area contributed by atoms with Gasteiger partial charge in [0.1, 0.15) is 18.3 Å². The summed E-state index contributed by atoms with van der Waals surface area (Å²) < 4.78 is 0. The zero-order valence-electron chi connectivity index (χ0n) is 6.14. The largest absolute Gasteiger partial charge is 0.394 e. The van der Waals surface area contributed by atoms with Crippen molar-refractivity contribution in [3.63, 3.8) is 0 Å². The average Bonchev–Trinajstić information content (AvgIpc) is 2.00.